The molecule has 0 fully saturated rings. The number of thioether (sulfide) groups is 1. The Morgan fingerprint density at radius 1 is 1.06 bits per heavy atom. The molecule has 154 valence electrons. The molecule has 1 N–H and O–H groups in total. The molecule has 0 radical (unpaired) electrons. The first-order chi connectivity index (χ1) is 15.2. The van der Waals surface area contributed by atoms with Gasteiger partial charge in [-0.3, -0.25) is 9.20 Å². The Balaban J connectivity index is 1.37. The van der Waals surface area contributed by atoms with Crippen LogP contribution in [0, 0.1) is 0 Å². The van der Waals surface area contributed by atoms with E-state index in [9.17, 15) is 4.79 Å². The van der Waals surface area contributed by atoms with Gasteiger partial charge in [-0.05, 0) is 30.0 Å². The van der Waals surface area contributed by atoms with E-state index in [1.807, 2.05) is 77.4 Å². The van der Waals surface area contributed by atoms with Gasteiger partial charge in [-0.1, -0.05) is 67.2 Å². The van der Waals surface area contributed by atoms with Crippen LogP contribution in [-0.2, 0) is 4.79 Å². The zero-order chi connectivity index (χ0) is 21.2. The first-order valence-electron chi connectivity index (χ1n) is 9.94. The molecule has 0 aliphatic rings. The Morgan fingerprint density at radius 2 is 1.87 bits per heavy atom. The molecule has 31 heavy (non-hydrogen) atoms. The molecule has 0 saturated heterocycles. The van der Waals surface area contributed by atoms with Gasteiger partial charge in [-0.2, -0.15) is 0 Å². The predicted octanol–water partition coefficient (Wildman–Crippen LogP) is 5.52. The molecule has 3 aromatic heterocycles. The molecule has 3 heterocycles. The molecular weight excluding hydrogens is 426 g/mol. The molecule has 1 atom stereocenters. The third-order valence-electron chi connectivity index (χ3n) is 4.96. The average Bonchev–Trinajstić information content (AvgIpc) is 3.45. The second-order valence-corrected chi connectivity index (χ2v) is 9.00. The van der Waals surface area contributed by atoms with Crippen LogP contribution in [0.15, 0.2) is 77.3 Å². The molecular formula is C23H19N5OS2. The van der Waals surface area contributed by atoms with Crippen molar-refractivity contribution in [3.05, 3.63) is 72.1 Å². The third-order valence-corrected chi connectivity index (χ3v) is 7.03. The first kappa shape index (κ1) is 19.7. The number of carbonyl (C=O) groups excluding carboxylic acids is 1. The molecule has 6 nitrogen and oxygen atoms in total. The van der Waals surface area contributed by atoms with Crippen LogP contribution in [0.3, 0.4) is 0 Å². The minimum atomic E-state index is -0.310. The van der Waals surface area contributed by atoms with Gasteiger partial charge in [0.2, 0.25) is 5.91 Å². The number of aromatic nitrogens is 4. The molecule has 5 rings (SSSR count). The third kappa shape index (κ3) is 3.92. The number of pyridine rings is 1. The normalized spacial score (nSPS) is 12.3. The lowest BCUT2D eigenvalue weighted by Gasteiger charge is -2.13. The summed E-state index contributed by atoms with van der Waals surface area (Å²) in [6.45, 7) is 2.00. The van der Waals surface area contributed by atoms with Gasteiger partial charge in [0.05, 0.1) is 16.5 Å². The van der Waals surface area contributed by atoms with Crippen LogP contribution in [0.25, 0.3) is 27.8 Å². The Hall–Kier alpha value is -3.23. The summed E-state index contributed by atoms with van der Waals surface area (Å²) < 4.78 is 2.01. The Kier molecular flexibility index (Phi) is 5.40. The zero-order valence-electron chi connectivity index (χ0n) is 16.7. The second-order valence-electron chi connectivity index (χ2n) is 6.98. The van der Waals surface area contributed by atoms with Crippen molar-refractivity contribution in [3.8, 4) is 11.3 Å². The number of fused-ring (bicyclic) bond motifs is 3. The van der Waals surface area contributed by atoms with E-state index >= 15 is 0 Å². The highest BCUT2D eigenvalue weighted by atomic mass is 32.2. The van der Waals surface area contributed by atoms with Crippen LogP contribution in [0.2, 0.25) is 0 Å². The summed E-state index contributed by atoms with van der Waals surface area (Å²) in [4.78, 5) is 17.6. The standard InChI is InChI=1S/C23H19N5OS2/c1-2-19(21(29)25-22-24-17(14-30-22)15-8-4-3-5-9-15)31-23-27-26-20-13-12-16-10-6-7-11-18(16)28(20)23/h3-14,19H,2H2,1H3,(H,24,25,29). The van der Waals surface area contributed by atoms with Gasteiger partial charge in [-0.15, -0.1) is 21.5 Å². The summed E-state index contributed by atoms with van der Waals surface area (Å²) in [5.74, 6) is -0.0848. The van der Waals surface area contributed by atoms with Gasteiger partial charge in [0.25, 0.3) is 0 Å². The molecule has 5 aromatic rings. The number of nitrogens with zero attached hydrogens (tertiary/aromatic N) is 4. The summed E-state index contributed by atoms with van der Waals surface area (Å²) in [7, 11) is 0. The smallest absolute Gasteiger partial charge is 0.239 e. The lowest BCUT2D eigenvalue weighted by molar-refractivity contribution is -0.115. The summed E-state index contributed by atoms with van der Waals surface area (Å²) in [5, 5.41) is 15.7. The summed E-state index contributed by atoms with van der Waals surface area (Å²) >= 11 is 2.85. The van der Waals surface area contributed by atoms with Gasteiger partial charge in [-0.25, -0.2) is 4.98 Å². The highest BCUT2D eigenvalue weighted by Crippen LogP contribution is 2.30. The van der Waals surface area contributed by atoms with Crippen molar-refractivity contribution >= 4 is 50.7 Å². The van der Waals surface area contributed by atoms with Crippen LogP contribution in [0.4, 0.5) is 5.13 Å². The molecule has 0 aliphatic carbocycles. The fraction of sp³-hybridized carbons (Fsp3) is 0.130. The number of para-hydroxylation sites is 1. The lowest BCUT2D eigenvalue weighted by Crippen LogP contribution is -2.24. The van der Waals surface area contributed by atoms with Crippen LogP contribution < -0.4 is 5.32 Å². The van der Waals surface area contributed by atoms with E-state index in [0.29, 0.717) is 16.7 Å². The number of hydrogen-bond acceptors (Lipinski definition) is 6. The second kappa shape index (κ2) is 8.49. The molecule has 0 saturated carbocycles. The number of nitrogens with one attached hydrogen (secondary N) is 1. The lowest BCUT2D eigenvalue weighted by atomic mass is 10.2. The minimum Gasteiger partial charge on any atom is -0.301 e. The van der Waals surface area contributed by atoms with Crippen molar-refractivity contribution in [1.29, 1.82) is 0 Å². The van der Waals surface area contributed by atoms with Crippen molar-refractivity contribution in [2.24, 2.45) is 0 Å². The Labute approximate surface area is 187 Å². The molecule has 1 amide bonds. The molecule has 0 spiro atoms. The van der Waals surface area contributed by atoms with Crippen LogP contribution >= 0.6 is 23.1 Å². The number of benzene rings is 2. The molecule has 2 aromatic carbocycles. The van der Waals surface area contributed by atoms with E-state index in [2.05, 4.69) is 26.6 Å². The van der Waals surface area contributed by atoms with Crippen molar-refractivity contribution in [2.75, 3.05) is 5.32 Å². The molecule has 0 aliphatic heterocycles. The minimum absolute atomic E-state index is 0.0848. The average molecular weight is 446 g/mol. The van der Waals surface area contributed by atoms with E-state index in [1.165, 1.54) is 23.1 Å². The zero-order valence-corrected chi connectivity index (χ0v) is 18.4. The number of carbonyl (C=O) groups is 1. The Morgan fingerprint density at radius 3 is 2.71 bits per heavy atom. The van der Waals surface area contributed by atoms with Gasteiger partial charge < -0.3 is 5.32 Å². The number of rotatable bonds is 6. The van der Waals surface area contributed by atoms with Crippen molar-refractivity contribution in [1.82, 2.24) is 19.6 Å². The quantitative estimate of drug-likeness (QED) is 0.349. The van der Waals surface area contributed by atoms with E-state index in [1.54, 1.807) is 0 Å². The number of hydrogen-bond donors (Lipinski definition) is 1. The van der Waals surface area contributed by atoms with Gasteiger partial charge >= 0.3 is 0 Å². The van der Waals surface area contributed by atoms with Crippen LogP contribution in [-0.4, -0.2) is 30.7 Å². The fourth-order valence-electron chi connectivity index (χ4n) is 3.40. The monoisotopic (exact) mass is 445 g/mol. The molecule has 0 bridgehead atoms. The van der Waals surface area contributed by atoms with E-state index in [0.717, 1.165) is 27.8 Å². The fourth-order valence-corrected chi connectivity index (χ4v) is 5.09. The van der Waals surface area contributed by atoms with Crippen LogP contribution in [0.1, 0.15) is 13.3 Å². The van der Waals surface area contributed by atoms with E-state index in [4.69, 9.17) is 0 Å². The molecule has 8 heteroatoms. The van der Waals surface area contributed by atoms with E-state index < -0.39 is 0 Å². The molecule has 1 unspecified atom stereocenters. The highest BCUT2D eigenvalue weighted by molar-refractivity contribution is 8.00. The van der Waals surface area contributed by atoms with Crippen molar-refractivity contribution in [3.63, 3.8) is 0 Å². The van der Waals surface area contributed by atoms with Gasteiger partial charge in [0.1, 0.15) is 0 Å². The summed E-state index contributed by atoms with van der Waals surface area (Å²) in [6.07, 6.45) is 0.660. The van der Waals surface area contributed by atoms with Gasteiger partial charge in [0, 0.05) is 10.9 Å². The van der Waals surface area contributed by atoms with Crippen LogP contribution in [0.5, 0.6) is 0 Å². The van der Waals surface area contributed by atoms with E-state index in [-0.39, 0.29) is 11.2 Å². The van der Waals surface area contributed by atoms with Crippen molar-refractivity contribution in [2.45, 2.75) is 23.8 Å². The highest BCUT2D eigenvalue weighted by Gasteiger charge is 2.22. The number of anilines is 1. The summed E-state index contributed by atoms with van der Waals surface area (Å²) in [6, 6.07) is 22.0. The largest absolute Gasteiger partial charge is 0.301 e. The maximum atomic E-state index is 13.0. The first-order valence-corrected chi connectivity index (χ1v) is 11.7. The topological polar surface area (TPSA) is 72.2 Å². The number of thiazole rings is 1. The maximum absolute atomic E-state index is 13.0. The van der Waals surface area contributed by atoms with Gasteiger partial charge in [0.15, 0.2) is 15.9 Å². The predicted molar refractivity (Wildman–Crippen MR) is 127 cm³/mol. The summed E-state index contributed by atoms with van der Waals surface area (Å²) in [5.41, 5.74) is 3.68. The van der Waals surface area contributed by atoms with Crippen molar-refractivity contribution < 1.29 is 4.79 Å². The SMILES string of the molecule is CCC(Sc1nnc2ccc3ccccc3n12)C(=O)Nc1nc(-c2ccccc2)cs1. The maximum Gasteiger partial charge on any atom is 0.239 e. The Bertz CT molecular complexity index is 1360. The number of amides is 1.